The number of fused-ring (bicyclic) bond motifs is 1. The molecule has 4 rings (SSSR count). The Balaban J connectivity index is 1.65. The van der Waals surface area contributed by atoms with Gasteiger partial charge in [0.15, 0.2) is 5.82 Å². The standard InChI is InChI=1S/C21H17F6N5O/c1-11-18(29-19(33)13-2-3-14-10-28-7-6-12(14)8-13)30-31-32(11)17-5-4-15(20(22,23)24)9-16(17)21(25,26)27/h2-5,8-9,28H,6-7,10H2,1H3,(H,29,33). The van der Waals surface area contributed by atoms with E-state index in [0.29, 0.717) is 24.2 Å². The molecule has 2 aromatic carbocycles. The highest BCUT2D eigenvalue weighted by atomic mass is 19.4. The van der Waals surface area contributed by atoms with Crippen molar-refractivity contribution in [2.45, 2.75) is 32.2 Å². The number of carbonyl (C=O) groups excluding carboxylic acids is 1. The molecule has 1 aliphatic rings. The molecule has 1 amide bonds. The lowest BCUT2D eigenvalue weighted by Crippen LogP contribution is -2.24. The van der Waals surface area contributed by atoms with Gasteiger partial charge >= 0.3 is 12.4 Å². The Morgan fingerprint density at radius 2 is 1.79 bits per heavy atom. The first kappa shape index (κ1) is 22.8. The van der Waals surface area contributed by atoms with E-state index in [-0.39, 0.29) is 17.6 Å². The molecule has 1 aromatic heterocycles. The van der Waals surface area contributed by atoms with E-state index >= 15 is 0 Å². The van der Waals surface area contributed by atoms with Crippen molar-refractivity contribution in [1.82, 2.24) is 20.3 Å². The Morgan fingerprint density at radius 1 is 1.03 bits per heavy atom. The van der Waals surface area contributed by atoms with Gasteiger partial charge in [-0.05, 0) is 61.3 Å². The van der Waals surface area contributed by atoms with Crippen LogP contribution in [-0.2, 0) is 25.3 Å². The van der Waals surface area contributed by atoms with Crippen LogP contribution in [0.5, 0.6) is 0 Å². The number of hydrogen-bond acceptors (Lipinski definition) is 4. The van der Waals surface area contributed by atoms with E-state index in [4.69, 9.17) is 0 Å². The van der Waals surface area contributed by atoms with Crippen LogP contribution in [-0.4, -0.2) is 27.4 Å². The topological polar surface area (TPSA) is 71.8 Å². The maximum atomic E-state index is 13.5. The van der Waals surface area contributed by atoms with Crippen LogP contribution in [0.4, 0.5) is 32.2 Å². The maximum Gasteiger partial charge on any atom is 0.418 e. The Morgan fingerprint density at radius 3 is 2.48 bits per heavy atom. The summed E-state index contributed by atoms with van der Waals surface area (Å²) >= 11 is 0. The second kappa shape index (κ2) is 8.18. The van der Waals surface area contributed by atoms with Gasteiger partial charge in [-0.1, -0.05) is 11.3 Å². The van der Waals surface area contributed by atoms with Crippen molar-refractivity contribution in [2.24, 2.45) is 0 Å². The van der Waals surface area contributed by atoms with E-state index in [0.717, 1.165) is 28.8 Å². The molecule has 0 saturated heterocycles. The summed E-state index contributed by atoms with van der Waals surface area (Å²) in [5, 5.41) is 13.1. The smallest absolute Gasteiger partial charge is 0.312 e. The molecule has 6 nitrogen and oxygen atoms in total. The number of carbonyl (C=O) groups is 1. The van der Waals surface area contributed by atoms with Crippen molar-refractivity contribution in [3.63, 3.8) is 0 Å². The molecule has 0 fully saturated rings. The molecule has 2 N–H and O–H groups in total. The van der Waals surface area contributed by atoms with E-state index in [1.165, 1.54) is 6.92 Å². The summed E-state index contributed by atoms with van der Waals surface area (Å²) in [4.78, 5) is 12.7. The van der Waals surface area contributed by atoms with Gasteiger partial charge in [0.2, 0.25) is 0 Å². The Labute approximate surface area is 183 Å². The monoisotopic (exact) mass is 469 g/mol. The van der Waals surface area contributed by atoms with Crippen LogP contribution >= 0.6 is 0 Å². The van der Waals surface area contributed by atoms with Crippen molar-refractivity contribution in [3.8, 4) is 5.69 Å². The summed E-state index contributed by atoms with van der Waals surface area (Å²) in [6, 6.07) is 6.42. The minimum Gasteiger partial charge on any atom is -0.312 e. The lowest BCUT2D eigenvalue weighted by Gasteiger charge is -2.17. The summed E-state index contributed by atoms with van der Waals surface area (Å²) in [5.74, 6) is -0.637. The van der Waals surface area contributed by atoms with Gasteiger partial charge in [-0.15, -0.1) is 5.10 Å². The third kappa shape index (κ3) is 4.56. The fourth-order valence-electron chi connectivity index (χ4n) is 3.60. The zero-order chi connectivity index (χ0) is 24.0. The number of benzene rings is 2. The fourth-order valence-corrected chi connectivity index (χ4v) is 3.60. The second-order valence-electron chi connectivity index (χ2n) is 7.53. The van der Waals surface area contributed by atoms with Gasteiger partial charge < -0.3 is 10.6 Å². The summed E-state index contributed by atoms with van der Waals surface area (Å²) in [5.41, 5.74) is -1.14. The Kier molecular flexibility index (Phi) is 5.64. The van der Waals surface area contributed by atoms with Crippen molar-refractivity contribution >= 4 is 11.7 Å². The molecule has 1 aliphatic heterocycles. The lowest BCUT2D eigenvalue weighted by atomic mass is 9.98. The van der Waals surface area contributed by atoms with Gasteiger partial charge in [-0.3, -0.25) is 4.79 Å². The molecular weight excluding hydrogens is 452 g/mol. The van der Waals surface area contributed by atoms with Crippen LogP contribution in [0.3, 0.4) is 0 Å². The van der Waals surface area contributed by atoms with Gasteiger partial charge in [-0.2, -0.15) is 26.3 Å². The van der Waals surface area contributed by atoms with Crippen LogP contribution in [0.2, 0.25) is 0 Å². The highest BCUT2D eigenvalue weighted by molar-refractivity contribution is 6.04. The number of nitrogens with zero attached hydrogens (tertiary/aromatic N) is 3. The molecular formula is C21H17F6N5O. The first-order valence-electron chi connectivity index (χ1n) is 9.80. The van der Waals surface area contributed by atoms with E-state index in [1.807, 2.05) is 6.07 Å². The molecule has 0 unspecified atom stereocenters. The van der Waals surface area contributed by atoms with E-state index in [9.17, 15) is 31.1 Å². The predicted octanol–water partition coefficient (Wildman–Crippen LogP) is 4.51. The zero-order valence-corrected chi connectivity index (χ0v) is 17.1. The molecule has 12 heteroatoms. The molecule has 3 aromatic rings. The predicted molar refractivity (Wildman–Crippen MR) is 106 cm³/mol. The van der Waals surface area contributed by atoms with E-state index in [2.05, 4.69) is 20.9 Å². The molecule has 0 bridgehead atoms. The molecule has 0 atom stereocenters. The van der Waals surface area contributed by atoms with Crippen LogP contribution < -0.4 is 10.6 Å². The van der Waals surface area contributed by atoms with Gasteiger partial charge in [0, 0.05) is 12.1 Å². The quantitative estimate of drug-likeness (QED) is 0.554. The third-order valence-corrected chi connectivity index (χ3v) is 5.34. The number of nitrogens with one attached hydrogen (secondary N) is 2. The third-order valence-electron chi connectivity index (χ3n) is 5.34. The zero-order valence-electron chi connectivity index (χ0n) is 17.1. The highest BCUT2D eigenvalue weighted by Gasteiger charge is 2.39. The van der Waals surface area contributed by atoms with Crippen molar-refractivity contribution < 1.29 is 31.1 Å². The summed E-state index contributed by atoms with van der Waals surface area (Å²) in [7, 11) is 0. The normalized spacial score (nSPS) is 14.2. The summed E-state index contributed by atoms with van der Waals surface area (Å²) < 4.78 is 80.1. The first-order valence-corrected chi connectivity index (χ1v) is 9.80. The lowest BCUT2D eigenvalue weighted by molar-refractivity contribution is -0.143. The molecule has 0 radical (unpaired) electrons. The van der Waals surface area contributed by atoms with Crippen LogP contribution in [0.1, 0.15) is 38.3 Å². The number of alkyl halides is 6. The highest BCUT2D eigenvalue weighted by Crippen LogP contribution is 2.39. The average Bonchev–Trinajstić information content (AvgIpc) is 3.11. The molecule has 0 saturated carbocycles. The van der Waals surface area contributed by atoms with Gasteiger partial charge in [0.1, 0.15) is 0 Å². The molecule has 0 spiro atoms. The molecule has 33 heavy (non-hydrogen) atoms. The Hall–Kier alpha value is -3.41. The van der Waals surface area contributed by atoms with Gasteiger partial charge in [0.25, 0.3) is 5.91 Å². The van der Waals surface area contributed by atoms with Crippen molar-refractivity contribution in [2.75, 3.05) is 11.9 Å². The SMILES string of the molecule is Cc1c(NC(=O)c2ccc3c(c2)CCNC3)nnn1-c1ccc(C(F)(F)F)cc1C(F)(F)F. The fraction of sp³-hybridized carbons (Fsp3) is 0.286. The minimum absolute atomic E-state index is 0.0239. The first-order chi connectivity index (χ1) is 15.4. The minimum atomic E-state index is -5.07. The van der Waals surface area contributed by atoms with Crippen molar-refractivity contribution in [1.29, 1.82) is 0 Å². The van der Waals surface area contributed by atoms with Crippen LogP contribution in [0.15, 0.2) is 36.4 Å². The second-order valence-corrected chi connectivity index (χ2v) is 7.53. The maximum absolute atomic E-state index is 13.5. The number of amides is 1. The summed E-state index contributed by atoms with van der Waals surface area (Å²) in [6.45, 7) is 2.82. The van der Waals surface area contributed by atoms with Gasteiger partial charge in [-0.25, -0.2) is 4.68 Å². The number of anilines is 1. The molecule has 2 heterocycles. The number of rotatable bonds is 3. The number of halogens is 6. The largest absolute Gasteiger partial charge is 0.418 e. The van der Waals surface area contributed by atoms with Gasteiger partial charge in [0.05, 0.1) is 22.5 Å². The van der Waals surface area contributed by atoms with E-state index in [1.54, 1.807) is 12.1 Å². The van der Waals surface area contributed by atoms with Crippen LogP contribution in [0.25, 0.3) is 5.69 Å². The Bertz CT molecular complexity index is 1210. The van der Waals surface area contributed by atoms with Crippen molar-refractivity contribution in [3.05, 3.63) is 69.9 Å². The molecule has 174 valence electrons. The van der Waals surface area contributed by atoms with Crippen LogP contribution in [0, 0.1) is 6.92 Å². The van der Waals surface area contributed by atoms with E-state index < -0.39 is 35.1 Å². The number of aromatic nitrogens is 3. The average molecular weight is 469 g/mol. The summed E-state index contributed by atoms with van der Waals surface area (Å²) in [6.07, 6.45) is -9.27. The molecule has 0 aliphatic carbocycles. The number of hydrogen-bond donors (Lipinski definition) is 2.